The Morgan fingerprint density at radius 1 is 1.40 bits per heavy atom. The maximum absolute atomic E-state index is 11.7. The van der Waals surface area contributed by atoms with Gasteiger partial charge in [-0.25, -0.2) is 13.1 Å². The Morgan fingerprint density at radius 2 is 1.93 bits per heavy atom. The van der Waals surface area contributed by atoms with Crippen LogP contribution < -0.4 is 4.72 Å². The predicted octanol–water partition coefficient (Wildman–Crippen LogP) is -0.144. The normalized spacial score (nSPS) is 21.9. The van der Waals surface area contributed by atoms with Crippen LogP contribution in [0.3, 0.4) is 0 Å². The summed E-state index contributed by atoms with van der Waals surface area (Å²) in [6, 6.07) is 0. The molecule has 0 bridgehead atoms. The molecule has 1 saturated heterocycles. The minimum atomic E-state index is -3.33. The lowest BCUT2D eigenvalue weighted by Gasteiger charge is -2.36. The number of sulfonamides is 1. The maximum atomic E-state index is 11.7. The van der Waals surface area contributed by atoms with E-state index in [2.05, 4.69) is 4.72 Å². The lowest BCUT2D eigenvalue weighted by molar-refractivity contribution is 0.0222. The minimum absolute atomic E-state index is 0.178. The third kappa shape index (κ3) is 3.14. The Morgan fingerprint density at radius 3 is 2.33 bits per heavy atom. The van der Waals surface area contributed by atoms with E-state index in [0.717, 1.165) is 0 Å². The lowest BCUT2D eigenvalue weighted by atomic mass is 9.93. The van der Waals surface area contributed by atoms with Crippen LogP contribution in [0.5, 0.6) is 0 Å². The molecule has 0 aromatic carbocycles. The molecule has 0 aromatic rings. The first-order chi connectivity index (χ1) is 6.92. The monoisotopic (exact) mass is 237 g/mol. The summed E-state index contributed by atoms with van der Waals surface area (Å²) in [5, 5.41) is 8.82. The molecule has 0 aliphatic carbocycles. The van der Waals surface area contributed by atoms with Gasteiger partial charge in [0.25, 0.3) is 0 Å². The molecule has 15 heavy (non-hydrogen) atoms. The fraction of sp³-hybridized carbons (Fsp3) is 1.00. The molecule has 0 atom stereocenters. The number of ether oxygens (including phenoxy) is 1. The highest BCUT2D eigenvalue weighted by Crippen LogP contribution is 2.21. The predicted molar refractivity (Wildman–Crippen MR) is 57.1 cm³/mol. The summed E-state index contributed by atoms with van der Waals surface area (Å²) in [6.45, 7) is 4.03. The highest BCUT2D eigenvalue weighted by molar-refractivity contribution is 7.90. The van der Waals surface area contributed by atoms with Crippen LogP contribution in [0.1, 0.15) is 26.7 Å². The van der Waals surface area contributed by atoms with Gasteiger partial charge in [-0.3, -0.25) is 0 Å². The first-order valence-electron chi connectivity index (χ1n) is 5.13. The highest BCUT2D eigenvalue weighted by Gasteiger charge is 2.36. The van der Waals surface area contributed by atoms with E-state index >= 15 is 0 Å². The van der Waals surface area contributed by atoms with E-state index in [0.29, 0.717) is 26.1 Å². The SMILES string of the molecule is CC(C)S(=O)(=O)NC1(CO)CCOCC1. The zero-order chi connectivity index (χ0) is 11.5. The fourth-order valence-electron chi connectivity index (χ4n) is 1.47. The second kappa shape index (κ2) is 4.78. The summed E-state index contributed by atoms with van der Waals surface area (Å²) in [5.41, 5.74) is -0.721. The van der Waals surface area contributed by atoms with Gasteiger partial charge in [-0.1, -0.05) is 0 Å². The van der Waals surface area contributed by atoms with Crippen LogP contribution in [-0.2, 0) is 14.8 Å². The molecule has 0 radical (unpaired) electrons. The van der Waals surface area contributed by atoms with Gasteiger partial charge in [0.1, 0.15) is 0 Å². The molecule has 1 aliphatic heterocycles. The molecule has 90 valence electrons. The third-order valence-electron chi connectivity index (χ3n) is 2.73. The van der Waals surface area contributed by atoms with Crippen molar-refractivity contribution in [2.75, 3.05) is 19.8 Å². The Bertz CT molecular complexity index is 293. The number of hydrogen-bond acceptors (Lipinski definition) is 4. The van der Waals surface area contributed by atoms with Crippen molar-refractivity contribution >= 4 is 10.0 Å². The average molecular weight is 237 g/mol. The van der Waals surface area contributed by atoms with E-state index in [4.69, 9.17) is 4.74 Å². The molecular formula is C9H19NO4S. The van der Waals surface area contributed by atoms with Gasteiger partial charge >= 0.3 is 0 Å². The van der Waals surface area contributed by atoms with Crippen LogP contribution in [0.4, 0.5) is 0 Å². The Labute approximate surface area is 90.9 Å². The number of nitrogens with one attached hydrogen (secondary N) is 1. The summed E-state index contributed by atoms with van der Waals surface area (Å²) >= 11 is 0. The first-order valence-corrected chi connectivity index (χ1v) is 6.68. The second-order valence-electron chi connectivity index (χ2n) is 4.25. The van der Waals surface area contributed by atoms with E-state index in [9.17, 15) is 13.5 Å². The third-order valence-corrected chi connectivity index (χ3v) is 4.69. The molecule has 1 fully saturated rings. The number of rotatable bonds is 4. The molecule has 2 N–H and O–H groups in total. The molecule has 1 heterocycles. The summed E-state index contributed by atoms with van der Waals surface area (Å²) in [7, 11) is -3.33. The van der Waals surface area contributed by atoms with Gasteiger partial charge in [0.2, 0.25) is 10.0 Å². The number of aliphatic hydroxyl groups is 1. The van der Waals surface area contributed by atoms with Gasteiger partial charge in [0.15, 0.2) is 0 Å². The molecule has 1 aliphatic rings. The molecule has 0 saturated carbocycles. The maximum Gasteiger partial charge on any atom is 0.214 e. The molecule has 0 spiro atoms. The zero-order valence-electron chi connectivity index (χ0n) is 9.19. The zero-order valence-corrected chi connectivity index (χ0v) is 10.0. The van der Waals surface area contributed by atoms with Crippen LogP contribution in [0.2, 0.25) is 0 Å². The number of aliphatic hydroxyl groups excluding tert-OH is 1. The van der Waals surface area contributed by atoms with Crippen LogP contribution in [0, 0.1) is 0 Å². The van der Waals surface area contributed by atoms with Crippen molar-refractivity contribution in [3.63, 3.8) is 0 Å². The molecule has 6 heteroatoms. The van der Waals surface area contributed by atoms with E-state index in [1.807, 2.05) is 0 Å². The van der Waals surface area contributed by atoms with Gasteiger partial charge in [0.05, 0.1) is 17.4 Å². The van der Waals surface area contributed by atoms with E-state index in [1.165, 1.54) is 0 Å². The number of hydrogen-bond donors (Lipinski definition) is 2. The Balaban J connectivity index is 2.76. The molecule has 5 nitrogen and oxygen atoms in total. The smallest absolute Gasteiger partial charge is 0.214 e. The van der Waals surface area contributed by atoms with Crippen LogP contribution in [-0.4, -0.2) is 44.1 Å². The summed E-state index contributed by atoms with van der Waals surface area (Å²) in [5.74, 6) is 0. The van der Waals surface area contributed by atoms with E-state index < -0.39 is 20.8 Å². The van der Waals surface area contributed by atoms with Crippen molar-refractivity contribution in [2.24, 2.45) is 0 Å². The first kappa shape index (κ1) is 12.9. The fourth-order valence-corrected chi connectivity index (χ4v) is 2.58. The highest BCUT2D eigenvalue weighted by atomic mass is 32.2. The van der Waals surface area contributed by atoms with Gasteiger partial charge in [-0.05, 0) is 26.7 Å². The van der Waals surface area contributed by atoms with Crippen molar-refractivity contribution in [2.45, 2.75) is 37.5 Å². The topological polar surface area (TPSA) is 75.6 Å². The van der Waals surface area contributed by atoms with Crippen molar-refractivity contribution in [1.29, 1.82) is 0 Å². The molecule has 1 rings (SSSR count). The second-order valence-corrected chi connectivity index (χ2v) is 6.48. The molecule has 0 unspecified atom stereocenters. The van der Waals surface area contributed by atoms with Gasteiger partial charge in [-0.2, -0.15) is 0 Å². The quantitative estimate of drug-likeness (QED) is 0.713. The molecule has 0 amide bonds. The molecular weight excluding hydrogens is 218 g/mol. The molecule has 0 aromatic heterocycles. The van der Waals surface area contributed by atoms with Crippen molar-refractivity contribution < 1.29 is 18.3 Å². The van der Waals surface area contributed by atoms with E-state index in [-0.39, 0.29) is 6.61 Å². The van der Waals surface area contributed by atoms with E-state index in [1.54, 1.807) is 13.8 Å². The standard InChI is InChI=1S/C9H19NO4S/c1-8(2)15(12,13)10-9(7-11)3-5-14-6-4-9/h8,10-11H,3-7H2,1-2H3. The van der Waals surface area contributed by atoms with Gasteiger partial charge < -0.3 is 9.84 Å². The van der Waals surface area contributed by atoms with Crippen molar-refractivity contribution in [3.8, 4) is 0 Å². The van der Waals surface area contributed by atoms with Gasteiger partial charge in [0, 0.05) is 13.2 Å². The van der Waals surface area contributed by atoms with Crippen LogP contribution in [0.25, 0.3) is 0 Å². The minimum Gasteiger partial charge on any atom is -0.394 e. The lowest BCUT2D eigenvalue weighted by Crippen LogP contribution is -2.55. The summed E-state index contributed by atoms with van der Waals surface area (Å²) < 4.78 is 31.2. The summed E-state index contributed by atoms with van der Waals surface area (Å²) in [6.07, 6.45) is 1.05. The van der Waals surface area contributed by atoms with Crippen LogP contribution in [0.15, 0.2) is 0 Å². The van der Waals surface area contributed by atoms with Crippen LogP contribution >= 0.6 is 0 Å². The average Bonchev–Trinajstić information content (AvgIpc) is 2.18. The van der Waals surface area contributed by atoms with Crippen molar-refractivity contribution in [1.82, 2.24) is 4.72 Å². The Hall–Kier alpha value is -0.170. The summed E-state index contributed by atoms with van der Waals surface area (Å²) in [4.78, 5) is 0. The van der Waals surface area contributed by atoms with Crippen molar-refractivity contribution in [3.05, 3.63) is 0 Å². The largest absolute Gasteiger partial charge is 0.394 e. The Kier molecular flexibility index (Phi) is 4.11. The van der Waals surface area contributed by atoms with Gasteiger partial charge in [-0.15, -0.1) is 0 Å².